The van der Waals surface area contributed by atoms with Crippen LogP contribution in [0.4, 0.5) is 4.79 Å². The summed E-state index contributed by atoms with van der Waals surface area (Å²) in [6.45, 7) is 2.86. The smallest absolute Gasteiger partial charge is 0.312 e. The molecule has 7 heteroatoms. The molecule has 0 bridgehead atoms. The number of carbonyl (C=O) groups excluding carboxylic acids is 2. The van der Waals surface area contributed by atoms with Crippen molar-refractivity contribution in [3.8, 4) is 5.75 Å². The fourth-order valence-corrected chi connectivity index (χ4v) is 3.12. The molecule has 0 aliphatic carbocycles. The van der Waals surface area contributed by atoms with Crippen LogP contribution >= 0.6 is 11.3 Å². The Morgan fingerprint density at radius 2 is 2.12 bits per heavy atom. The number of ether oxygens (including phenoxy) is 1. The van der Waals surface area contributed by atoms with Crippen molar-refractivity contribution in [2.75, 3.05) is 20.2 Å². The zero-order chi connectivity index (χ0) is 18.2. The van der Waals surface area contributed by atoms with Gasteiger partial charge < -0.3 is 20.7 Å². The lowest BCUT2D eigenvalue weighted by molar-refractivity contribution is -0.130. The van der Waals surface area contributed by atoms with Crippen molar-refractivity contribution in [3.05, 3.63) is 52.2 Å². The number of hydrogen-bond donors (Lipinski definition) is 2. The summed E-state index contributed by atoms with van der Waals surface area (Å²) in [6, 6.07) is 10.5. The minimum Gasteiger partial charge on any atom is -0.492 e. The van der Waals surface area contributed by atoms with Crippen molar-refractivity contribution in [1.82, 2.24) is 10.2 Å². The van der Waals surface area contributed by atoms with Crippen molar-refractivity contribution in [2.45, 2.75) is 19.4 Å². The van der Waals surface area contributed by atoms with E-state index in [2.05, 4.69) is 5.32 Å². The quantitative estimate of drug-likeness (QED) is 0.758. The van der Waals surface area contributed by atoms with Gasteiger partial charge in [-0.3, -0.25) is 4.79 Å². The third kappa shape index (κ3) is 6.11. The van der Waals surface area contributed by atoms with Crippen LogP contribution in [0.15, 0.2) is 41.8 Å². The predicted molar refractivity (Wildman–Crippen MR) is 98.7 cm³/mol. The molecule has 0 radical (unpaired) electrons. The van der Waals surface area contributed by atoms with E-state index < -0.39 is 12.1 Å². The zero-order valence-corrected chi connectivity index (χ0v) is 15.2. The highest BCUT2D eigenvalue weighted by Crippen LogP contribution is 2.22. The van der Waals surface area contributed by atoms with Gasteiger partial charge in [-0.1, -0.05) is 18.2 Å². The van der Waals surface area contributed by atoms with E-state index >= 15 is 0 Å². The minimum absolute atomic E-state index is 0.0833. The van der Waals surface area contributed by atoms with Crippen LogP contribution in [0.25, 0.3) is 0 Å². The van der Waals surface area contributed by atoms with Crippen LogP contribution in [0.5, 0.6) is 5.75 Å². The summed E-state index contributed by atoms with van der Waals surface area (Å²) in [4.78, 5) is 26.1. The molecule has 0 saturated heterocycles. The number of nitrogens with one attached hydrogen (secondary N) is 1. The maximum atomic E-state index is 12.4. The number of rotatable bonds is 8. The van der Waals surface area contributed by atoms with Crippen LogP contribution in [0.2, 0.25) is 0 Å². The summed E-state index contributed by atoms with van der Waals surface area (Å²) in [6.07, 6.45) is 0.157. The number of likely N-dealkylation sites (N-methyl/N-ethyl adjacent to an activating group) is 1. The SMILES string of the molecule is Cc1cccc(OCCN(C)C(=O)CC(NC(N)=O)c2cccs2)c1. The number of carbonyl (C=O) groups is 2. The molecule has 1 aromatic carbocycles. The Morgan fingerprint density at radius 1 is 1.32 bits per heavy atom. The van der Waals surface area contributed by atoms with Gasteiger partial charge in [0.2, 0.25) is 5.91 Å². The Hall–Kier alpha value is -2.54. The van der Waals surface area contributed by atoms with Gasteiger partial charge in [0.15, 0.2) is 0 Å². The standard InChI is InChI=1S/C18H23N3O3S/c1-13-5-3-6-14(11-13)24-9-8-21(2)17(22)12-15(20-18(19)23)16-7-4-10-25-16/h3-7,10-11,15H,8-9,12H2,1-2H3,(H3,19,20,23). The van der Waals surface area contributed by atoms with Crippen LogP contribution in [-0.4, -0.2) is 37.0 Å². The zero-order valence-electron chi connectivity index (χ0n) is 14.4. The second kappa shape index (κ2) is 9.08. The van der Waals surface area contributed by atoms with Crippen LogP contribution in [0.1, 0.15) is 22.9 Å². The molecular formula is C18H23N3O3S. The number of primary amides is 1. The molecule has 1 heterocycles. The summed E-state index contributed by atoms with van der Waals surface area (Å²) in [5.41, 5.74) is 6.34. The Balaban J connectivity index is 1.84. The number of thiophene rings is 1. The van der Waals surface area contributed by atoms with E-state index in [0.717, 1.165) is 16.2 Å². The maximum absolute atomic E-state index is 12.4. The first kappa shape index (κ1) is 18.8. The van der Waals surface area contributed by atoms with Gasteiger partial charge in [0, 0.05) is 11.9 Å². The van der Waals surface area contributed by atoms with E-state index in [-0.39, 0.29) is 12.3 Å². The molecule has 3 amide bonds. The fourth-order valence-electron chi connectivity index (χ4n) is 2.34. The highest BCUT2D eigenvalue weighted by atomic mass is 32.1. The fraction of sp³-hybridized carbons (Fsp3) is 0.333. The van der Waals surface area contributed by atoms with Crippen LogP contribution in [-0.2, 0) is 4.79 Å². The number of hydrogen-bond acceptors (Lipinski definition) is 4. The van der Waals surface area contributed by atoms with Gasteiger partial charge in [0.05, 0.1) is 19.0 Å². The number of urea groups is 1. The lowest BCUT2D eigenvalue weighted by Crippen LogP contribution is -2.38. The molecule has 6 nitrogen and oxygen atoms in total. The Morgan fingerprint density at radius 3 is 2.76 bits per heavy atom. The lowest BCUT2D eigenvalue weighted by atomic mass is 10.1. The van der Waals surface area contributed by atoms with Crippen LogP contribution in [0.3, 0.4) is 0 Å². The summed E-state index contributed by atoms with van der Waals surface area (Å²) in [5.74, 6) is 0.702. The normalized spacial score (nSPS) is 11.6. The van der Waals surface area contributed by atoms with Crippen molar-refractivity contribution in [3.63, 3.8) is 0 Å². The third-order valence-electron chi connectivity index (χ3n) is 3.69. The molecule has 134 valence electrons. The van der Waals surface area contributed by atoms with E-state index in [1.54, 1.807) is 11.9 Å². The second-order valence-corrected chi connectivity index (χ2v) is 6.74. The van der Waals surface area contributed by atoms with Gasteiger partial charge in [-0.2, -0.15) is 0 Å². The van der Waals surface area contributed by atoms with E-state index in [4.69, 9.17) is 10.5 Å². The van der Waals surface area contributed by atoms with Gasteiger partial charge >= 0.3 is 6.03 Å². The van der Waals surface area contributed by atoms with Gasteiger partial charge in [-0.15, -0.1) is 11.3 Å². The third-order valence-corrected chi connectivity index (χ3v) is 4.68. The molecule has 0 spiro atoms. The summed E-state index contributed by atoms with van der Waals surface area (Å²) >= 11 is 1.48. The number of nitrogens with zero attached hydrogens (tertiary/aromatic N) is 1. The van der Waals surface area contributed by atoms with Crippen LogP contribution in [0, 0.1) is 6.92 Å². The lowest BCUT2D eigenvalue weighted by Gasteiger charge is -2.21. The molecule has 0 aliphatic rings. The average Bonchev–Trinajstić information content (AvgIpc) is 3.08. The van der Waals surface area contributed by atoms with Crippen LogP contribution < -0.4 is 15.8 Å². The molecule has 1 unspecified atom stereocenters. The molecule has 1 atom stereocenters. The topological polar surface area (TPSA) is 84.7 Å². The molecular weight excluding hydrogens is 338 g/mol. The largest absolute Gasteiger partial charge is 0.492 e. The van der Waals surface area contributed by atoms with Crippen molar-refractivity contribution in [1.29, 1.82) is 0 Å². The second-order valence-electron chi connectivity index (χ2n) is 5.76. The first-order valence-corrected chi connectivity index (χ1v) is 8.86. The van der Waals surface area contributed by atoms with Crippen molar-refractivity contribution in [2.24, 2.45) is 5.73 Å². The average molecular weight is 361 g/mol. The maximum Gasteiger partial charge on any atom is 0.312 e. The molecule has 2 rings (SSSR count). The first-order chi connectivity index (χ1) is 12.0. The molecule has 1 aromatic heterocycles. The minimum atomic E-state index is -0.642. The van der Waals surface area contributed by atoms with Gasteiger partial charge in [-0.25, -0.2) is 4.79 Å². The molecule has 0 fully saturated rings. The Bertz CT molecular complexity index is 703. The van der Waals surface area contributed by atoms with Gasteiger partial charge in [0.1, 0.15) is 12.4 Å². The molecule has 2 aromatic rings. The summed E-state index contributed by atoms with van der Waals surface area (Å²) in [5, 5.41) is 4.52. The van der Waals surface area contributed by atoms with E-state index in [1.807, 2.05) is 48.7 Å². The molecule has 3 N–H and O–H groups in total. The first-order valence-electron chi connectivity index (χ1n) is 7.98. The molecule has 0 saturated carbocycles. The predicted octanol–water partition coefficient (Wildman–Crippen LogP) is 2.69. The summed E-state index contributed by atoms with van der Waals surface area (Å²) in [7, 11) is 1.72. The van der Waals surface area contributed by atoms with E-state index in [0.29, 0.717) is 13.2 Å². The van der Waals surface area contributed by atoms with Crippen molar-refractivity contribution >= 4 is 23.3 Å². The summed E-state index contributed by atoms with van der Waals surface area (Å²) < 4.78 is 5.67. The molecule has 0 aliphatic heterocycles. The van der Waals surface area contributed by atoms with Gasteiger partial charge in [-0.05, 0) is 36.1 Å². The number of aryl methyl sites for hydroxylation is 1. The van der Waals surface area contributed by atoms with E-state index in [9.17, 15) is 9.59 Å². The molecule has 25 heavy (non-hydrogen) atoms. The number of nitrogens with two attached hydrogens (primary N) is 1. The number of benzene rings is 1. The highest BCUT2D eigenvalue weighted by Gasteiger charge is 2.20. The number of amides is 3. The Labute approximate surface area is 151 Å². The van der Waals surface area contributed by atoms with Crippen molar-refractivity contribution < 1.29 is 14.3 Å². The monoisotopic (exact) mass is 361 g/mol. The highest BCUT2D eigenvalue weighted by molar-refractivity contribution is 7.10. The van der Waals surface area contributed by atoms with Gasteiger partial charge in [0.25, 0.3) is 0 Å². The Kier molecular flexibility index (Phi) is 6.82. The van der Waals surface area contributed by atoms with E-state index in [1.165, 1.54) is 11.3 Å².